The molecule has 0 radical (unpaired) electrons. The summed E-state index contributed by atoms with van der Waals surface area (Å²) in [5.41, 5.74) is 3.26. The van der Waals surface area contributed by atoms with Crippen LogP contribution in [0.2, 0.25) is 0 Å². The Bertz CT molecular complexity index is 1160. The first-order chi connectivity index (χ1) is 13.9. The number of piperazine rings is 1. The molecule has 0 bridgehead atoms. The van der Waals surface area contributed by atoms with Crippen LogP contribution in [0.4, 0.5) is 11.5 Å². The summed E-state index contributed by atoms with van der Waals surface area (Å²) in [6.07, 6.45) is 1.78. The van der Waals surface area contributed by atoms with E-state index < -0.39 is 0 Å². The van der Waals surface area contributed by atoms with Gasteiger partial charge < -0.3 is 18.8 Å². The number of aromatic nitrogens is 3. The SMILES string of the molecule is [C-]#[N+]c1ccc2c(n1)c(N1C[C@@H](C)N(Cc3cnoc3C)C[C@@H]1C)cc(=O)n2C. The molecule has 150 valence electrons. The number of pyridine rings is 2. The van der Waals surface area contributed by atoms with Crippen LogP contribution in [0, 0.1) is 13.5 Å². The van der Waals surface area contributed by atoms with E-state index in [1.807, 2.05) is 6.92 Å². The average Bonchev–Trinajstić information content (AvgIpc) is 3.11. The first-order valence-electron chi connectivity index (χ1n) is 9.68. The summed E-state index contributed by atoms with van der Waals surface area (Å²) in [6.45, 7) is 16.0. The Morgan fingerprint density at radius 3 is 2.76 bits per heavy atom. The molecular weight excluding hydrogens is 368 g/mol. The van der Waals surface area contributed by atoms with E-state index in [0.717, 1.165) is 42.2 Å². The van der Waals surface area contributed by atoms with E-state index in [9.17, 15) is 4.79 Å². The molecule has 2 atom stereocenters. The highest BCUT2D eigenvalue weighted by atomic mass is 16.5. The Labute approximate surface area is 169 Å². The molecule has 8 nitrogen and oxygen atoms in total. The fraction of sp³-hybridized carbons (Fsp3) is 0.429. The summed E-state index contributed by atoms with van der Waals surface area (Å²) >= 11 is 0. The third-order valence-corrected chi connectivity index (χ3v) is 5.82. The average molecular weight is 392 g/mol. The third kappa shape index (κ3) is 3.38. The Morgan fingerprint density at radius 1 is 1.28 bits per heavy atom. The van der Waals surface area contributed by atoms with Gasteiger partial charge in [-0.15, -0.1) is 4.98 Å². The third-order valence-electron chi connectivity index (χ3n) is 5.82. The molecule has 1 aliphatic heterocycles. The van der Waals surface area contributed by atoms with Gasteiger partial charge in [-0.3, -0.25) is 9.69 Å². The fourth-order valence-electron chi connectivity index (χ4n) is 4.03. The Balaban J connectivity index is 1.70. The zero-order valence-corrected chi connectivity index (χ0v) is 17.1. The predicted molar refractivity (Wildman–Crippen MR) is 111 cm³/mol. The summed E-state index contributed by atoms with van der Waals surface area (Å²) < 4.78 is 6.78. The van der Waals surface area contributed by atoms with Crippen molar-refractivity contribution in [3.63, 3.8) is 0 Å². The summed E-state index contributed by atoms with van der Waals surface area (Å²) in [5, 5.41) is 3.88. The molecule has 0 aromatic carbocycles. The number of aryl methyl sites for hydroxylation is 2. The van der Waals surface area contributed by atoms with Crippen LogP contribution in [0.25, 0.3) is 15.9 Å². The molecule has 4 heterocycles. The Hall–Kier alpha value is -3.18. The molecule has 4 rings (SSSR count). The lowest BCUT2D eigenvalue weighted by molar-refractivity contribution is 0.157. The summed E-state index contributed by atoms with van der Waals surface area (Å²) in [7, 11) is 1.74. The molecule has 1 saturated heterocycles. The van der Waals surface area contributed by atoms with Crippen molar-refractivity contribution in [1.29, 1.82) is 0 Å². The lowest BCUT2D eigenvalue weighted by Crippen LogP contribution is -2.56. The predicted octanol–water partition coefficient (Wildman–Crippen LogP) is 2.88. The highest BCUT2D eigenvalue weighted by Crippen LogP contribution is 2.30. The van der Waals surface area contributed by atoms with E-state index in [1.54, 1.807) is 36.0 Å². The monoisotopic (exact) mass is 392 g/mol. The van der Waals surface area contributed by atoms with Gasteiger partial charge in [0.15, 0.2) is 0 Å². The van der Waals surface area contributed by atoms with Gasteiger partial charge >= 0.3 is 0 Å². The smallest absolute Gasteiger partial charge is 0.270 e. The molecule has 1 fully saturated rings. The summed E-state index contributed by atoms with van der Waals surface area (Å²) in [4.78, 5) is 25.2. The van der Waals surface area contributed by atoms with Crippen LogP contribution in [-0.4, -0.2) is 44.8 Å². The molecule has 0 saturated carbocycles. The van der Waals surface area contributed by atoms with Crippen molar-refractivity contribution in [2.24, 2.45) is 7.05 Å². The largest absolute Gasteiger partial charge is 0.362 e. The minimum atomic E-state index is -0.0766. The molecular formula is C21H24N6O2. The van der Waals surface area contributed by atoms with Crippen molar-refractivity contribution in [3.05, 3.63) is 57.5 Å². The second-order valence-corrected chi connectivity index (χ2v) is 7.76. The molecule has 3 aromatic rings. The van der Waals surface area contributed by atoms with Crippen molar-refractivity contribution < 1.29 is 4.52 Å². The molecule has 1 aliphatic rings. The first kappa shape index (κ1) is 19.2. The van der Waals surface area contributed by atoms with Crippen molar-refractivity contribution >= 4 is 22.5 Å². The van der Waals surface area contributed by atoms with Gasteiger partial charge in [-0.05, 0) is 32.9 Å². The van der Waals surface area contributed by atoms with E-state index in [4.69, 9.17) is 11.1 Å². The van der Waals surface area contributed by atoms with Crippen molar-refractivity contribution in [1.82, 2.24) is 19.6 Å². The minimum absolute atomic E-state index is 0.0766. The zero-order chi connectivity index (χ0) is 20.7. The van der Waals surface area contributed by atoms with E-state index >= 15 is 0 Å². The van der Waals surface area contributed by atoms with E-state index in [0.29, 0.717) is 11.3 Å². The van der Waals surface area contributed by atoms with Crippen LogP contribution < -0.4 is 10.5 Å². The van der Waals surface area contributed by atoms with Gasteiger partial charge in [0.1, 0.15) is 5.76 Å². The quantitative estimate of drug-likeness (QED) is 0.639. The first-order valence-corrected chi connectivity index (χ1v) is 9.68. The van der Waals surface area contributed by atoms with Crippen molar-refractivity contribution in [3.8, 4) is 0 Å². The second kappa shape index (κ2) is 7.33. The van der Waals surface area contributed by atoms with Crippen LogP contribution in [0.1, 0.15) is 25.2 Å². The normalized spacial score (nSPS) is 20.2. The van der Waals surface area contributed by atoms with Crippen molar-refractivity contribution in [2.45, 2.75) is 39.4 Å². The van der Waals surface area contributed by atoms with E-state index in [-0.39, 0.29) is 17.6 Å². The molecule has 0 amide bonds. The van der Waals surface area contributed by atoms with Crippen LogP contribution in [-0.2, 0) is 13.6 Å². The van der Waals surface area contributed by atoms with Gasteiger partial charge in [-0.25, -0.2) is 0 Å². The van der Waals surface area contributed by atoms with Crippen LogP contribution >= 0.6 is 0 Å². The lowest BCUT2D eigenvalue weighted by atomic mass is 10.1. The van der Waals surface area contributed by atoms with Gasteiger partial charge in [-0.1, -0.05) is 11.7 Å². The Morgan fingerprint density at radius 2 is 2.07 bits per heavy atom. The standard InChI is InChI=1S/C21H24N6O2/c1-13-11-27(14(2)10-26(13)12-16-9-23-29-15(16)3)18-8-20(28)25(5)17-6-7-19(22-4)24-21(17)18/h6-9,13-14H,10-12H2,1-3,5H3/t13-,14+/m1/s1. The number of fused-ring (bicyclic) bond motifs is 1. The summed E-state index contributed by atoms with van der Waals surface area (Å²) in [5.74, 6) is 1.18. The zero-order valence-electron chi connectivity index (χ0n) is 17.1. The van der Waals surface area contributed by atoms with Crippen LogP contribution in [0.3, 0.4) is 0 Å². The number of hydrogen-bond acceptors (Lipinski definition) is 6. The highest BCUT2D eigenvalue weighted by molar-refractivity contribution is 5.89. The number of rotatable bonds is 3. The Kier molecular flexibility index (Phi) is 4.84. The molecule has 29 heavy (non-hydrogen) atoms. The number of hydrogen-bond donors (Lipinski definition) is 0. The van der Waals surface area contributed by atoms with Gasteiger partial charge in [0.05, 0.1) is 17.4 Å². The van der Waals surface area contributed by atoms with E-state index in [1.165, 1.54) is 0 Å². The van der Waals surface area contributed by atoms with Gasteiger partial charge in [0, 0.05) is 50.4 Å². The topological polar surface area (TPSA) is 71.8 Å². The maximum Gasteiger partial charge on any atom is 0.270 e. The highest BCUT2D eigenvalue weighted by Gasteiger charge is 2.32. The molecule has 8 heteroatoms. The maximum absolute atomic E-state index is 12.6. The van der Waals surface area contributed by atoms with Crippen molar-refractivity contribution in [2.75, 3.05) is 18.0 Å². The minimum Gasteiger partial charge on any atom is -0.362 e. The number of anilines is 1. The van der Waals surface area contributed by atoms with Crippen LogP contribution in [0.5, 0.6) is 0 Å². The fourth-order valence-corrected chi connectivity index (χ4v) is 4.03. The van der Waals surface area contributed by atoms with Gasteiger partial charge in [-0.2, -0.15) is 0 Å². The lowest BCUT2D eigenvalue weighted by Gasteiger charge is -2.45. The maximum atomic E-state index is 12.6. The van der Waals surface area contributed by atoms with E-state index in [2.05, 4.69) is 38.6 Å². The van der Waals surface area contributed by atoms with Crippen LogP contribution in [0.15, 0.2) is 33.7 Å². The summed E-state index contributed by atoms with van der Waals surface area (Å²) in [6, 6.07) is 5.55. The molecule has 3 aromatic heterocycles. The van der Waals surface area contributed by atoms with Gasteiger partial charge in [0.25, 0.3) is 11.4 Å². The molecule has 0 spiro atoms. The van der Waals surface area contributed by atoms with Gasteiger partial charge in [0.2, 0.25) is 5.52 Å². The molecule has 0 unspecified atom stereocenters. The molecule has 0 N–H and O–H groups in total. The molecule has 0 aliphatic carbocycles. The second-order valence-electron chi connectivity index (χ2n) is 7.76. The number of nitrogens with zero attached hydrogens (tertiary/aromatic N) is 6.